The van der Waals surface area contributed by atoms with Gasteiger partial charge in [0, 0.05) is 11.3 Å². The van der Waals surface area contributed by atoms with Gasteiger partial charge in [-0.2, -0.15) is 9.48 Å². The van der Waals surface area contributed by atoms with Gasteiger partial charge >= 0.3 is 17.9 Å². The van der Waals surface area contributed by atoms with Crippen molar-refractivity contribution in [3.8, 4) is 0 Å². The molecule has 0 fully saturated rings. The molecule has 10 heteroatoms. The first-order valence-corrected chi connectivity index (χ1v) is 10.2. The molecular weight excluding hydrogens is 416 g/mol. The van der Waals surface area contributed by atoms with Gasteiger partial charge in [0.05, 0.1) is 26.3 Å². The smallest absolute Gasteiger partial charge is 0.446 e. The van der Waals surface area contributed by atoms with Crippen molar-refractivity contribution in [3.05, 3.63) is 41.2 Å². The molecule has 1 unspecified atom stereocenters. The number of allylic oxidation sites excluding steroid dienone is 1. The van der Waals surface area contributed by atoms with E-state index in [0.29, 0.717) is 30.0 Å². The number of carbonyl (C=O) groups is 4. The third kappa shape index (κ3) is 4.29. The Kier molecular flexibility index (Phi) is 6.82. The third-order valence-corrected chi connectivity index (χ3v) is 5.14. The van der Waals surface area contributed by atoms with Crippen molar-refractivity contribution in [2.24, 2.45) is 10.9 Å². The number of hydrogen-bond donors (Lipinski definition) is 1. The average Bonchev–Trinajstić information content (AvgIpc) is 2.80. The quantitative estimate of drug-likeness (QED) is 0.509. The number of carbonyl (C=O) groups excluding carboxylic acids is 4. The van der Waals surface area contributed by atoms with Gasteiger partial charge in [0.1, 0.15) is 12.0 Å². The normalized spacial score (nSPS) is 18.0. The van der Waals surface area contributed by atoms with E-state index in [4.69, 9.17) is 4.74 Å². The van der Waals surface area contributed by atoms with E-state index in [0.717, 1.165) is 10.5 Å². The Morgan fingerprint density at radius 2 is 1.88 bits per heavy atom. The number of nitrogens with one attached hydrogen (secondary N) is 1. The van der Waals surface area contributed by atoms with Crippen molar-refractivity contribution in [1.82, 2.24) is 4.90 Å². The molecule has 10 nitrogen and oxygen atoms in total. The number of benzene rings is 1. The first-order valence-electron chi connectivity index (χ1n) is 10.2. The Morgan fingerprint density at radius 1 is 1.19 bits per heavy atom. The number of imide groups is 1. The van der Waals surface area contributed by atoms with Crippen molar-refractivity contribution < 1.29 is 33.2 Å². The first kappa shape index (κ1) is 22.9. The zero-order chi connectivity index (χ0) is 23.4. The number of fused-ring (bicyclic) bond motifs is 1. The molecule has 0 spiro atoms. The standard InChI is InChI=1S/C22H24N4O6/c1-5-13-11-23-19-17(18(13)32-6-2)20(28)26(22(30)25(19)3)12-16(27)24-15-9-7-14(8-10-15)21(29)31-4/h7-11,17H,5-6,12H2,1-4H3/p+1. The van der Waals surface area contributed by atoms with Crippen LogP contribution in [0, 0.1) is 5.92 Å². The Labute approximate surface area is 185 Å². The number of aliphatic imine (C=N–C) groups is 1. The highest BCUT2D eigenvalue weighted by molar-refractivity contribution is 6.17. The van der Waals surface area contributed by atoms with Gasteiger partial charge in [-0.15, -0.1) is 4.99 Å². The summed E-state index contributed by atoms with van der Waals surface area (Å²) in [7, 11) is 2.78. The van der Waals surface area contributed by atoms with Crippen molar-refractivity contribution in [2.45, 2.75) is 20.3 Å². The Morgan fingerprint density at radius 3 is 2.47 bits per heavy atom. The largest absolute Gasteiger partial charge is 0.496 e. The lowest BCUT2D eigenvalue weighted by Crippen LogP contribution is -2.56. The number of amides is 4. The molecule has 0 saturated heterocycles. The van der Waals surface area contributed by atoms with E-state index < -0.39 is 36.3 Å². The van der Waals surface area contributed by atoms with Gasteiger partial charge in [0.15, 0.2) is 12.5 Å². The number of dihydropyridines is 1. The van der Waals surface area contributed by atoms with Crippen molar-refractivity contribution in [1.29, 1.82) is 0 Å². The molecule has 0 aliphatic carbocycles. The fourth-order valence-corrected chi connectivity index (χ4v) is 3.51. The van der Waals surface area contributed by atoms with Crippen molar-refractivity contribution in [3.63, 3.8) is 0 Å². The SMILES string of the molecule is CCOC1=C(CC)C=NC2=[N+](C)C(=O)N(CC(=O)Nc3ccc(C(=O)OC)cc3)C(=O)C12. The van der Waals surface area contributed by atoms with Crippen LogP contribution in [0.4, 0.5) is 10.5 Å². The summed E-state index contributed by atoms with van der Waals surface area (Å²) in [6, 6.07) is 5.41. The predicted octanol–water partition coefficient (Wildman–Crippen LogP) is 1.82. The molecule has 2 heterocycles. The highest BCUT2D eigenvalue weighted by Crippen LogP contribution is 2.29. The fourth-order valence-electron chi connectivity index (χ4n) is 3.51. The summed E-state index contributed by atoms with van der Waals surface area (Å²) in [5.74, 6) is -1.78. The predicted molar refractivity (Wildman–Crippen MR) is 116 cm³/mol. The van der Waals surface area contributed by atoms with Crippen LogP contribution in [0.15, 0.2) is 40.6 Å². The molecule has 0 aromatic heterocycles. The molecule has 1 atom stereocenters. The minimum Gasteiger partial charge on any atom is -0.496 e. The number of ether oxygens (including phenoxy) is 2. The van der Waals surface area contributed by atoms with Crippen LogP contribution >= 0.6 is 0 Å². The van der Waals surface area contributed by atoms with Crippen LogP contribution in [0.2, 0.25) is 0 Å². The number of urea groups is 1. The molecule has 32 heavy (non-hydrogen) atoms. The lowest BCUT2D eigenvalue weighted by Gasteiger charge is -2.29. The number of nitrogens with zero attached hydrogens (tertiary/aromatic N) is 3. The monoisotopic (exact) mass is 441 g/mol. The number of anilines is 1. The van der Waals surface area contributed by atoms with Gasteiger partial charge in [-0.05, 0) is 37.6 Å². The van der Waals surface area contributed by atoms with Gasteiger partial charge in [0.25, 0.3) is 11.7 Å². The Balaban J connectivity index is 1.81. The molecule has 1 aromatic rings. The minimum absolute atomic E-state index is 0.274. The molecule has 2 aliphatic heterocycles. The van der Waals surface area contributed by atoms with Gasteiger partial charge in [0.2, 0.25) is 0 Å². The highest BCUT2D eigenvalue weighted by atomic mass is 16.5. The molecule has 1 aromatic carbocycles. The number of hydrogen-bond acceptors (Lipinski definition) is 7. The summed E-state index contributed by atoms with van der Waals surface area (Å²) >= 11 is 0. The third-order valence-electron chi connectivity index (χ3n) is 5.14. The Hall–Kier alpha value is -3.82. The van der Waals surface area contributed by atoms with Gasteiger partial charge in [-0.3, -0.25) is 9.59 Å². The number of amidine groups is 1. The van der Waals surface area contributed by atoms with Crippen LogP contribution in [-0.4, -0.2) is 72.6 Å². The van der Waals surface area contributed by atoms with Crippen LogP contribution < -0.4 is 5.32 Å². The summed E-state index contributed by atoms with van der Waals surface area (Å²) in [5, 5.41) is 2.62. The summed E-state index contributed by atoms with van der Waals surface area (Å²) in [6.45, 7) is 3.60. The molecule has 3 rings (SSSR count). The molecule has 4 amide bonds. The van der Waals surface area contributed by atoms with Crippen molar-refractivity contribution >= 4 is 41.6 Å². The van der Waals surface area contributed by atoms with Crippen LogP contribution in [0.25, 0.3) is 0 Å². The number of esters is 1. The van der Waals surface area contributed by atoms with Gasteiger partial charge in [-0.25, -0.2) is 9.59 Å². The zero-order valence-corrected chi connectivity index (χ0v) is 18.4. The second kappa shape index (κ2) is 9.54. The fraction of sp³-hybridized carbons (Fsp3) is 0.364. The highest BCUT2D eigenvalue weighted by Gasteiger charge is 2.51. The number of rotatable bonds is 7. The van der Waals surface area contributed by atoms with Crippen LogP contribution in [0.5, 0.6) is 0 Å². The Bertz CT molecular complexity index is 1050. The molecular formula is C22H25N4O6+. The van der Waals surface area contributed by atoms with Gasteiger partial charge < -0.3 is 14.8 Å². The van der Waals surface area contributed by atoms with Crippen LogP contribution in [-0.2, 0) is 19.1 Å². The van der Waals surface area contributed by atoms with E-state index >= 15 is 0 Å². The second-order valence-electron chi connectivity index (χ2n) is 7.11. The summed E-state index contributed by atoms with van der Waals surface area (Å²) in [5.41, 5.74) is 1.51. The molecule has 0 bridgehead atoms. The zero-order valence-electron chi connectivity index (χ0n) is 18.4. The molecule has 0 saturated carbocycles. The van der Waals surface area contributed by atoms with Gasteiger partial charge in [-0.1, -0.05) is 6.92 Å². The van der Waals surface area contributed by atoms with E-state index in [2.05, 4.69) is 15.0 Å². The maximum absolute atomic E-state index is 13.2. The summed E-state index contributed by atoms with van der Waals surface area (Å²) < 4.78 is 11.6. The van der Waals surface area contributed by atoms with E-state index in [1.807, 2.05) is 13.8 Å². The maximum atomic E-state index is 13.2. The lowest BCUT2D eigenvalue weighted by atomic mass is 9.94. The van der Waals surface area contributed by atoms with E-state index in [1.54, 1.807) is 6.21 Å². The van der Waals surface area contributed by atoms with Crippen LogP contribution in [0.1, 0.15) is 30.6 Å². The molecule has 2 aliphatic rings. The number of methoxy groups -OCH3 is 1. The summed E-state index contributed by atoms with van der Waals surface area (Å²) in [6.07, 6.45) is 2.21. The van der Waals surface area contributed by atoms with E-state index in [1.165, 1.54) is 43.0 Å². The van der Waals surface area contributed by atoms with Crippen molar-refractivity contribution in [2.75, 3.05) is 32.6 Å². The summed E-state index contributed by atoms with van der Waals surface area (Å²) in [4.78, 5) is 55.3. The molecule has 168 valence electrons. The molecule has 1 N–H and O–H groups in total. The molecule has 0 radical (unpaired) electrons. The lowest BCUT2D eigenvalue weighted by molar-refractivity contribution is -0.408. The van der Waals surface area contributed by atoms with Crippen LogP contribution in [0.3, 0.4) is 0 Å². The average molecular weight is 441 g/mol. The maximum Gasteiger partial charge on any atom is 0.446 e. The topological polar surface area (TPSA) is 117 Å². The second-order valence-corrected chi connectivity index (χ2v) is 7.11. The first-order chi connectivity index (χ1) is 15.3. The van der Waals surface area contributed by atoms with E-state index in [9.17, 15) is 19.2 Å². The van der Waals surface area contributed by atoms with E-state index in [-0.39, 0.29) is 5.84 Å². The minimum atomic E-state index is -0.885.